The summed E-state index contributed by atoms with van der Waals surface area (Å²) in [7, 11) is -9.83. The molecule has 0 aliphatic carbocycles. The second-order valence-corrected chi connectivity index (χ2v) is 2.57. The molecule has 12 heavy (non-hydrogen) atoms. The Hall–Kier alpha value is 0.232. The fourth-order valence-electron chi connectivity index (χ4n) is 0. The molecule has 0 saturated carbocycles. The first-order chi connectivity index (χ1) is 4.00. The van der Waals surface area contributed by atoms with Crippen LogP contribution in [0.2, 0.25) is 0 Å². The second-order valence-electron chi connectivity index (χ2n) is 0.855. The number of quaternary nitrogens is 1. The summed E-state index contributed by atoms with van der Waals surface area (Å²) in [5.74, 6) is 0. The van der Waals surface area contributed by atoms with E-state index >= 15 is 0 Å². The van der Waals surface area contributed by atoms with Crippen molar-refractivity contribution in [1.29, 1.82) is 0 Å². The maximum atomic E-state index is 8.63. The van der Waals surface area contributed by atoms with Crippen LogP contribution in [-0.2, 0) is 38.2 Å². The van der Waals surface area contributed by atoms with E-state index in [0.29, 0.717) is 0 Å². The van der Waals surface area contributed by atoms with Gasteiger partial charge in [0.1, 0.15) is 0 Å². The van der Waals surface area contributed by atoms with E-state index in [-0.39, 0.29) is 23.5 Å². The Morgan fingerprint density at radius 1 is 0.833 bits per heavy atom. The Balaban J connectivity index is -0.0000000457. The molecule has 0 aromatic heterocycles. The van der Waals surface area contributed by atoms with Crippen molar-refractivity contribution in [2.24, 2.45) is 0 Å². The van der Waals surface area contributed by atoms with Crippen LogP contribution in [0.5, 0.6) is 0 Å². The molecule has 0 unspecified atom stereocenters. The van der Waals surface area contributed by atoms with Crippen LogP contribution < -0.4 is 6.15 Å². The van der Waals surface area contributed by atoms with Gasteiger partial charge in [-0.25, -0.2) is 16.8 Å². The van der Waals surface area contributed by atoms with Crippen LogP contribution in [0.1, 0.15) is 0 Å². The van der Waals surface area contributed by atoms with Gasteiger partial charge in [-0.2, -0.15) is 0 Å². The zero-order chi connectivity index (χ0) is 9.00. The van der Waals surface area contributed by atoms with Crippen molar-refractivity contribution in [1.82, 2.24) is 6.15 Å². The molecule has 0 rings (SSSR count). The number of rotatable bonds is 0. The van der Waals surface area contributed by atoms with Crippen LogP contribution in [-0.4, -0.2) is 35.0 Å². The van der Waals surface area contributed by atoms with Crippen molar-refractivity contribution < 1.29 is 52.4 Å². The van der Waals surface area contributed by atoms with Crippen LogP contribution in [0.25, 0.3) is 0 Å². The van der Waals surface area contributed by atoms with Crippen LogP contribution in [0.4, 0.5) is 0 Å². The van der Waals surface area contributed by atoms with Gasteiger partial charge in [-0.3, -0.25) is 9.11 Å². The number of hydrogen-bond acceptors (Lipinski definition) is 6. The third-order valence-electron chi connectivity index (χ3n) is 0. The van der Waals surface area contributed by atoms with E-state index in [2.05, 4.69) is 0 Å². The van der Waals surface area contributed by atoms with Crippen LogP contribution in [0, 0.1) is 0 Å². The minimum absolute atomic E-state index is 0. The molecule has 0 atom stereocenters. The van der Waals surface area contributed by atoms with Crippen molar-refractivity contribution in [3.63, 3.8) is 0 Å². The fraction of sp³-hybridized carbons (Fsp3) is 0. The van der Waals surface area contributed by atoms with Gasteiger partial charge < -0.3 is 15.3 Å². The predicted molar refractivity (Wildman–Crippen MR) is 30.6 cm³/mol. The third kappa shape index (κ3) is 16100. The maximum Gasteiger partial charge on any atom is 3.00 e. The third-order valence-corrected chi connectivity index (χ3v) is 0. The monoisotopic (exact) mass is 264 g/mol. The SMILES string of the molecule is O=S(=O)([O-])O.O=S(=O)([O-])O.[Cr+3].[NH4+]. The normalized spacial score (nSPS) is 9.67. The van der Waals surface area contributed by atoms with E-state index in [1.54, 1.807) is 0 Å². The largest absolute Gasteiger partial charge is 3.00 e. The first kappa shape index (κ1) is 22.8. The molecule has 0 bridgehead atoms. The molecule has 12 heteroatoms. The molecule has 9 nitrogen and oxygen atoms in total. The molecular weight excluding hydrogens is 258 g/mol. The second kappa shape index (κ2) is 7.86. The summed E-state index contributed by atoms with van der Waals surface area (Å²) in [6.45, 7) is 0. The zero-order valence-electron chi connectivity index (χ0n) is 5.57. The molecule has 0 amide bonds. The minimum atomic E-state index is -4.92. The molecular formula is H6CrNO8S2+2. The summed E-state index contributed by atoms with van der Waals surface area (Å²) in [5.41, 5.74) is 0. The summed E-state index contributed by atoms with van der Waals surface area (Å²) in [4.78, 5) is 0. The maximum absolute atomic E-state index is 8.63. The first-order valence-corrected chi connectivity index (χ1v) is 4.10. The molecule has 6 N–H and O–H groups in total. The van der Waals surface area contributed by atoms with Crippen molar-refractivity contribution >= 4 is 20.8 Å². The Labute approximate surface area is 79.7 Å². The molecule has 75 valence electrons. The van der Waals surface area contributed by atoms with E-state index in [4.69, 9.17) is 35.0 Å². The molecule has 1 radical (unpaired) electrons. The molecule has 0 heterocycles. The Morgan fingerprint density at radius 2 is 0.833 bits per heavy atom. The van der Waals surface area contributed by atoms with E-state index in [1.807, 2.05) is 0 Å². The van der Waals surface area contributed by atoms with E-state index < -0.39 is 20.8 Å². The van der Waals surface area contributed by atoms with Crippen molar-refractivity contribution in [2.75, 3.05) is 0 Å². The van der Waals surface area contributed by atoms with E-state index in [1.165, 1.54) is 0 Å². The fourth-order valence-corrected chi connectivity index (χ4v) is 0. The van der Waals surface area contributed by atoms with Gasteiger partial charge in [-0.1, -0.05) is 0 Å². The van der Waals surface area contributed by atoms with Crippen molar-refractivity contribution in [2.45, 2.75) is 0 Å². The topological polar surface area (TPSA) is 191 Å². The van der Waals surface area contributed by atoms with Gasteiger partial charge in [0.25, 0.3) is 0 Å². The summed E-state index contributed by atoms with van der Waals surface area (Å²) in [6.07, 6.45) is 0. The molecule has 0 saturated heterocycles. The molecule has 0 aromatic rings. The van der Waals surface area contributed by atoms with Crippen molar-refractivity contribution in [3.8, 4) is 0 Å². The molecule has 0 aliphatic rings. The predicted octanol–water partition coefficient (Wildman–Crippen LogP) is -1.62. The molecule has 0 fully saturated rings. The van der Waals surface area contributed by atoms with Gasteiger partial charge in [0.15, 0.2) is 0 Å². The van der Waals surface area contributed by atoms with Gasteiger partial charge in [-0.15, -0.1) is 0 Å². The number of hydrogen-bond donors (Lipinski definition) is 3. The average Bonchev–Trinajstić information content (AvgIpc) is 1.12. The summed E-state index contributed by atoms with van der Waals surface area (Å²) in [5, 5.41) is 0. The zero-order valence-corrected chi connectivity index (χ0v) is 8.48. The van der Waals surface area contributed by atoms with Gasteiger partial charge >= 0.3 is 17.4 Å². The molecule has 0 spiro atoms. The summed E-state index contributed by atoms with van der Waals surface area (Å²) < 4.78 is 65.7. The molecule has 0 aliphatic heterocycles. The summed E-state index contributed by atoms with van der Waals surface area (Å²) >= 11 is 0. The van der Waals surface area contributed by atoms with Crippen LogP contribution in [0.15, 0.2) is 0 Å². The smallest absolute Gasteiger partial charge is 0.726 e. The van der Waals surface area contributed by atoms with Crippen molar-refractivity contribution in [3.05, 3.63) is 0 Å². The van der Waals surface area contributed by atoms with Crippen LogP contribution in [0.3, 0.4) is 0 Å². The van der Waals surface area contributed by atoms with Gasteiger partial charge in [0.05, 0.1) is 0 Å². The Kier molecular flexibility index (Phi) is 14.9. The van der Waals surface area contributed by atoms with E-state index in [0.717, 1.165) is 0 Å². The van der Waals surface area contributed by atoms with Gasteiger partial charge in [0, 0.05) is 0 Å². The average molecular weight is 264 g/mol. The van der Waals surface area contributed by atoms with Crippen LogP contribution >= 0.6 is 0 Å². The first-order valence-electron chi connectivity index (χ1n) is 1.37. The Bertz CT molecular complexity index is 213. The quantitative estimate of drug-likeness (QED) is 0.343. The Morgan fingerprint density at radius 3 is 0.833 bits per heavy atom. The van der Waals surface area contributed by atoms with Gasteiger partial charge in [0.2, 0.25) is 20.8 Å². The van der Waals surface area contributed by atoms with Gasteiger partial charge in [-0.05, 0) is 0 Å². The standard InChI is InChI=1S/Cr.H3N.2H2O4S/c;;2*1-5(2,3)4/h;1H3;2*(H2,1,2,3,4)/q+3;;;/p-1. The summed E-state index contributed by atoms with van der Waals surface area (Å²) in [6, 6.07) is 0. The van der Waals surface area contributed by atoms with E-state index in [9.17, 15) is 0 Å². The molecule has 0 aromatic carbocycles. The minimum Gasteiger partial charge on any atom is -0.726 e.